The highest BCUT2D eigenvalue weighted by atomic mass is 35.5. The molecule has 2 aromatic rings. The van der Waals surface area contributed by atoms with Crippen LogP contribution in [0.2, 0.25) is 0 Å². The normalized spacial score (nSPS) is 22.4. The van der Waals surface area contributed by atoms with Crippen LogP contribution in [0, 0.1) is 5.92 Å². The summed E-state index contributed by atoms with van der Waals surface area (Å²) >= 11 is 6.01. The quantitative estimate of drug-likeness (QED) is 0.713. The molecular weight excluding hydrogens is 282 g/mol. The van der Waals surface area contributed by atoms with Gasteiger partial charge in [0, 0.05) is 17.5 Å². The van der Waals surface area contributed by atoms with E-state index in [4.69, 9.17) is 16.3 Å². The minimum Gasteiger partial charge on any atom is -0.474 e. The number of benzene rings is 1. The summed E-state index contributed by atoms with van der Waals surface area (Å²) in [6.07, 6.45) is 8.36. The fraction of sp³-hybridized carbons (Fsp3) is 0.500. The summed E-state index contributed by atoms with van der Waals surface area (Å²) in [6, 6.07) is 8.25. The highest BCUT2D eigenvalue weighted by Gasteiger charge is 2.26. The number of nitrogens with zero attached hydrogens (tertiary/aromatic N) is 1. The summed E-state index contributed by atoms with van der Waals surface area (Å²) < 4.78 is 6.32. The zero-order valence-electron chi connectivity index (χ0n) is 12.5. The van der Waals surface area contributed by atoms with E-state index < -0.39 is 0 Å². The largest absolute Gasteiger partial charge is 0.474 e. The van der Waals surface area contributed by atoms with Gasteiger partial charge in [-0.1, -0.05) is 31.5 Å². The fourth-order valence-electron chi connectivity index (χ4n) is 3.36. The van der Waals surface area contributed by atoms with Crippen LogP contribution in [0.15, 0.2) is 30.5 Å². The van der Waals surface area contributed by atoms with Gasteiger partial charge in [-0.15, -0.1) is 11.6 Å². The van der Waals surface area contributed by atoms with Crippen LogP contribution in [-0.4, -0.2) is 11.1 Å². The first-order chi connectivity index (χ1) is 10.3. The van der Waals surface area contributed by atoms with E-state index in [1.807, 2.05) is 18.3 Å². The first-order valence-corrected chi connectivity index (χ1v) is 8.46. The summed E-state index contributed by atoms with van der Waals surface area (Å²) in [5.74, 6) is 1.91. The first kappa shape index (κ1) is 14.6. The van der Waals surface area contributed by atoms with Crippen LogP contribution in [0.3, 0.4) is 0 Å². The molecule has 1 aromatic heterocycles. The predicted octanol–water partition coefficient (Wildman–Crippen LogP) is 5.32. The van der Waals surface area contributed by atoms with Crippen LogP contribution in [-0.2, 0) is 5.88 Å². The van der Waals surface area contributed by atoms with Gasteiger partial charge in [-0.05, 0) is 48.6 Å². The van der Waals surface area contributed by atoms with Gasteiger partial charge >= 0.3 is 0 Å². The molecule has 1 aromatic carbocycles. The Morgan fingerprint density at radius 1 is 1.19 bits per heavy atom. The van der Waals surface area contributed by atoms with Crippen LogP contribution in [0.1, 0.15) is 44.6 Å². The van der Waals surface area contributed by atoms with Gasteiger partial charge in [0.2, 0.25) is 5.88 Å². The highest BCUT2D eigenvalue weighted by Crippen LogP contribution is 2.33. The summed E-state index contributed by atoms with van der Waals surface area (Å²) in [5, 5.41) is 2.23. The predicted molar refractivity (Wildman–Crippen MR) is 88.0 cm³/mol. The third-order valence-electron chi connectivity index (χ3n) is 4.61. The number of fused-ring (bicyclic) bond motifs is 1. The zero-order chi connectivity index (χ0) is 14.7. The molecule has 0 radical (unpaired) electrons. The standard InChI is InChI=1S/C18H22ClNO/c1-2-13-7-3-6-10-17(13)21-18-16-9-5-4-8-15(16)14(11-19)12-20-18/h4-5,8-9,12-13,17H,2-3,6-7,10-11H2,1H3. The van der Waals surface area contributed by atoms with Crippen molar-refractivity contribution in [3.63, 3.8) is 0 Å². The number of hydrogen-bond donors (Lipinski definition) is 0. The van der Waals surface area contributed by atoms with E-state index >= 15 is 0 Å². The zero-order valence-corrected chi connectivity index (χ0v) is 13.3. The molecule has 0 amide bonds. The van der Waals surface area contributed by atoms with Gasteiger partial charge < -0.3 is 4.74 Å². The minimum absolute atomic E-state index is 0.307. The van der Waals surface area contributed by atoms with E-state index in [-0.39, 0.29) is 0 Å². The summed E-state index contributed by atoms with van der Waals surface area (Å²) in [4.78, 5) is 4.53. The number of pyridine rings is 1. The van der Waals surface area contributed by atoms with Crippen molar-refractivity contribution in [1.82, 2.24) is 4.98 Å². The molecule has 3 rings (SSSR count). The number of halogens is 1. The monoisotopic (exact) mass is 303 g/mol. The lowest BCUT2D eigenvalue weighted by atomic mass is 9.85. The second-order valence-corrected chi connectivity index (χ2v) is 6.14. The Balaban J connectivity index is 1.93. The van der Waals surface area contributed by atoms with Gasteiger partial charge in [0.1, 0.15) is 6.10 Å². The summed E-state index contributed by atoms with van der Waals surface area (Å²) in [7, 11) is 0. The number of rotatable bonds is 4. The molecule has 0 bridgehead atoms. The van der Waals surface area contributed by atoms with Crippen LogP contribution in [0.5, 0.6) is 5.88 Å². The van der Waals surface area contributed by atoms with Gasteiger partial charge in [-0.2, -0.15) is 0 Å². The molecule has 2 unspecified atom stereocenters. The van der Waals surface area contributed by atoms with Crippen LogP contribution in [0.4, 0.5) is 0 Å². The molecule has 3 heteroatoms. The summed E-state index contributed by atoms with van der Waals surface area (Å²) in [5.41, 5.74) is 1.07. The maximum Gasteiger partial charge on any atom is 0.221 e. The molecule has 0 spiro atoms. The molecule has 0 aliphatic heterocycles. The number of alkyl halides is 1. The van der Waals surface area contributed by atoms with Crippen molar-refractivity contribution in [2.24, 2.45) is 5.92 Å². The molecule has 21 heavy (non-hydrogen) atoms. The average molecular weight is 304 g/mol. The molecule has 1 fully saturated rings. The van der Waals surface area contributed by atoms with Gasteiger partial charge in [0.15, 0.2) is 0 Å². The summed E-state index contributed by atoms with van der Waals surface area (Å²) in [6.45, 7) is 2.26. The highest BCUT2D eigenvalue weighted by molar-refractivity contribution is 6.18. The lowest BCUT2D eigenvalue weighted by molar-refractivity contribution is 0.0875. The number of ether oxygens (including phenoxy) is 1. The number of hydrogen-bond acceptors (Lipinski definition) is 2. The topological polar surface area (TPSA) is 22.1 Å². The Morgan fingerprint density at radius 2 is 1.95 bits per heavy atom. The Morgan fingerprint density at radius 3 is 2.71 bits per heavy atom. The van der Waals surface area contributed by atoms with E-state index in [1.165, 1.54) is 25.7 Å². The Hall–Kier alpha value is -1.28. The van der Waals surface area contributed by atoms with Crippen molar-refractivity contribution in [2.75, 3.05) is 0 Å². The maximum atomic E-state index is 6.32. The lowest BCUT2D eigenvalue weighted by Gasteiger charge is -2.31. The lowest BCUT2D eigenvalue weighted by Crippen LogP contribution is -2.30. The second-order valence-electron chi connectivity index (χ2n) is 5.88. The van der Waals surface area contributed by atoms with E-state index in [9.17, 15) is 0 Å². The molecule has 0 N–H and O–H groups in total. The van der Waals surface area contributed by atoms with Crippen molar-refractivity contribution in [2.45, 2.75) is 51.0 Å². The molecule has 2 atom stereocenters. The third kappa shape index (κ3) is 3.01. The van der Waals surface area contributed by atoms with E-state index in [0.29, 0.717) is 17.9 Å². The molecule has 1 saturated carbocycles. The van der Waals surface area contributed by atoms with Gasteiger partial charge in [-0.25, -0.2) is 4.98 Å². The van der Waals surface area contributed by atoms with Crippen molar-refractivity contribution in [1.29, 1.82) is 0 Å². The molecular formula is C18H22ClNO. The van der Waals surface area contributed by atoms with Crippen molar-refractivity contribution in [3.05, 3.63) is 36.0 Å². The second kappa shape index (κ2) is 6.65. The molecule has 1 heterocycles. The Bertz CT molecular complexity index is 613. The molecule has 112 valence electrons. The SMILES string of the molecule is CCC1CCCCC1Oc1ncc(CCl)c2ccccc12. The van der Waals surface area contributed by atoms with Crippen LogP contribution in [0.25, 0.3) is 10.8 Å². The molecule has 0 saturated heterocycles. The van der Waals surface area contributed by atoms with Crippen LogP contribution >= 0.6 is 11.6 Å². The van der Waals surface area contributed by atoms with Crippen LogP contribution < -0.4 is 4.74 Å². The van der Waals surface area contributed by atoms with Gasteiger partial charge in [0.25, 0.3) is 0 Å². The number of aromatic nitrogens is 1. The van der Waals surface area contributed by atoms with Gasteiger partial charge in [-0.3, -0.25) is 0 Å². The van der Waals surface area contributed by atoms with Crippen molar-refractivity contribution < 1.29 is 4.74 Å². The first-order valence-electron chi connectivity index (χ1n) is 7.92. The van der Waals surface area contributed by atoms with E-state index in [0.717, 1.165) is 28.6 Å². The molecule has 1 aliphatic carbocycles. The fourth-order valence-corrected chi connectivity index (χ4v) is 3.58. The Labute approximate surface area is 131 Å². The minimum atomic E-state index is 0.307. The molecule has 1 aliphatic rings. The Kier molecular flexibility index (Phi) is 4.64. The molecule has 2 nitrogen and oxygen atoms in total. The van der Waals surface area contributed by atoms with Gasteiger partial charge in [0.05, 0.1) is 0 Å². The van der Waals surface area contributed by atoms with E-state index in [2.05, 4.69) is 24.0 Å². The maximum absolute atomic E-state index is 6.32. The average Bonchev–Trinajstić information content (AvgIpc) is 2.55. The van der Waals surface area contributed by atoms with Crippen molar-refractivity contribution in [3.8, 4) is 5.88 Å². The van der Waals surface area contributed by atoms with Crippen molar-refractivity contribution >= 4 is 22.4 Å². The third-order valence-corrected chi connectivity index (χ3v) is 4.90. The smallest absolute Gasteiger partial charge is 0.221 e. The van der Waals surface area contributed by atoms with E-state index in [1.54, 1.807) is 0 Å².